The number of nitrogens with zero attached hydrogens (tertiary/aromatic N) is 5. The summed E-state index contributed by atoms with van der Waals surface area (Å²) in [4.78, 5) is 6.41. The Morgan fingerprint density at radius 3 is 2.73 bits per heavy atom. The maximum absolute atomic E-state index is 13.3. The number of aromatic nitrogens is 4. The van der Waals surface area contributed by atoms with Crippen LogP contribution in [0.4, 0.5) is 13.2 Å². The van der Waals surface area contributed by atoms with Crippen molar-refractivity contribution in [3.05, 3.63) is 46.0 Å². The molecule has 6 nitrogen and oxygen atoms in total. The molecule has 0 radical (unpaired) electrons. The molecule has 176 valence electrons. The van der Waals surface area contributed by atoms with Gasteiger partial charge in [0.25, 0.3) is 0 Å². The molecule has 33 heavy (non-hydrogen) atoms. The summed E-state index contributed by atoms with van der Waals surface area (Å²) in [6, 6.07) is 8.70. The Bertz CT molecular complexity index is 1160. The van der Waals surface area contributed by atoms with Gasteiger partial charge in [0.2, 0.25) is 5.76 Å². The third-order valence-corrected chi connectivity index (χ3v) is 8.16. The Labute approximate surface area is 202 Å². The lowest BCUT2D eigenvalue weighted by molar-refractivity contribution is -0.152. The van der Waals surface area contributed by atoms with E-state index in [1.807, 2.05) is 0 Å². The zero-order chi connectivity index (χ0) is 23.4. The van der Waals surface area contributed by atoms with Crippen LogP contribution in [0.15, 0.2) is 38.3 Å². The van der Waals surface area contributed by atoms with Crippen molar-refractivity contribution in [1.29, 1.82) is 0 Å². The molecule has 3 heterocycles. The molecule has 11 heteroatoms. The van der Waals surface area contributed by atoms with E-state index >= 15 is 0 Å². The number of piperidine rings is 1. The first-order valence-electron chi connectivity index (χ1n) is 10.7. The van der Waals surface area contributed by atoms with Gasteiger partial charge in [-0.2, -0.15) is 13.2 Å². The summed E-state index contributed by atoms with van der Waals surface area (Å²) >= 11 is 5.00. The molecule has 2 fully saturated rings. The van der Waals surface area contributed by atoms with Gasteiger partial charge in [0.1, 0.15) is 0 Å². The molecule has 0 amide bonds. The van der Waals surface area contributed by atoms with Crippen molar-refractivity contribution < 1.29 is 17.6 Å². The Balaban J connectivity index is 1.16. The van der Waals surface area contributed by atoms with Crippen molar-refractivity contribution in [2.75, 3.05) is 25.4 Å². The molecule has 1 aliphatic heterocycles. The quantitative estimate of drug-likeness (QED) is 0.298. The van der Waals surface area contributed by atoms with Gasteiger partial charge in [0, 0.05) is 42.7 Å². The van der Waals surface area contributed by atoms with E-state index in [1.54, 1.807) is 11.6 Å². The number of benzene rings is 1. The van der Waals surface area contributed by atoms with Gasteiger partial charge in [0.15, 0.2) is 22.6 Å². The smallest absolute Gasteiger partial charge is 0.436 e. The summed E-state index contributed by atoms with van der Waals surface area (Å²) in [6.07, 6.45) is -2.41. The Kier molecular flexibility index (Phi) is 5.85. The van der Waals surface area contributed by atoms with Gasteiger partial charge in [0.05, 0.1) is 0 Å². The zero-order valence-corrected chi connectivity index (χ0v) is 20.6. The van der Waals surface area contributed by atoms with Gasteiger partial charge in [-0.15, -0.1) is 10.2 Å². The molecular formula is C22H23BrF3N5OS. The molecule has 0 spiro atoms. The van der Waals surface area contributed by atoms with Gasteiger partial charge in [-0.3, -0.25) is 0 Å². The minimum absolute atomic E-state index is 0.0535. The molecule has 0 N–H and O–H groups in total. The summed E-state index contributed by atoms with van der Waals surface area (Å²) in [5.74, 6) is 0.403. The second kappa shape index (κ2) is 8.42. The van der Waals surface area contributed by atoms with Crippen molar-refractivity contribution >= 4 is 27.7 Å². The van der Waals surface area contributed by atoms with Crippen molar-refractivity contribution in [2.24, 2.45) is 13.0 Å². The summed E-state index contributed by atoms with van der Waals surface area (Å²) < 4.78 is 47.2. The Morgan fingerprint density at radius 1 is 1.24 bits per heavy atom. The molecule has 2 atom stereocenters. The molecule has 2 aliphatic rings. The monoisotopic (exact) mass is 541 g/mol. The number of aryl methyl sites for hydroxylation is 1. The molecule has 1 aromatic carbocycles. The second-order valence-electron chi connectivity index (χ2n) is 8.77. The van der Waals surface area contributed by atoms with Gasteiger partial charge >= 0.3 is 6.18 Å². The van der Waals surface area contributed by atoms with Crippen LogP contribution in [0, 0.1) is 12.8 Å². The highest BCUT2D eigenvalue weighted by molar-refractivity contribution is 9.10. The molecule has 3 aromatic rings. The normalized spacial score (nSPS) is 22.7. The van der Waals surface area contributed by atoms with E-state index in [0.29, 0.717) is 10.6 Å². The minimum Gasteiger partial charge on any atom is -0.436 e. The van der Waals surface area contributed by atoms with E-state index in [9.17, 15) is 13.2 Å². The fourth-order valence-corrected chi connectivity index (χ4v) is 5.95. The van der Waals surface area contributed by atoms with Crippen LogP contribution in [0.1, 0.15) is 30.1 Å². The predicted molar refractivity (Wildman–Crippen MR) is 122 cm³/mol. The van der Waals surface area contributed by atoms with Gasteiger partial charge < -0.3 is 13.9 Å². The second-order valence-corrected chi connectivity index (χ2v) is 10.8. The Morgan fingerprint density at radius 2 is 2.00 bits per heavy atom. The van der Waals surface area contributed by atoms with Gasteiger partial charge in [-0.05, 0) is 43.0 Å². The third-order valence-electron chi connectivity index (χ3n) is 6.52. The van der Waals surface area contributed by atoms with E-state index in [1.165, 1.54) is 30.7 Å². The van der Waals surface area contributed by atoms with Crippen molar-refractivity contribution in [3.8, 4) is 11.5 Å². The molecular weight excluding hydrogens is 519 g/mol. The van der Waals surface area contributed by atoms with Crippen LogP contribution in [-0.4, -0.2) is 50.0 Å². The molecule has 1 saturated heterocycles. The summed E-state index contributed by atoms with van der Waals surface area (Å²) in [5, 5.41) is 8.59. The molecule has 2 aromatic heterocycles. The number of halogens is 4. The van der Waals surface area contributed by atoms with Crippen LogP contribution in [0.2, 0.25) is 0 Å². The van der Waals surface area contributed by atoms with Crippen molar-refractivity contribution in [1.82, 2.24) is 24.6 Å². The number of thioether (sulfide) groups is 1. The third kappa shape index (κ3) is 4.35. The minimum atomic E-state index is -4.64. The fourth-order valence-electron chi connectivity index (χ4n) is 4.86. The largest absolute Gasteiger partial charge is 0.452 e. The zero-order valence-electron chi connectivity index (χ0n) is 18.2. The molecule has 1 aliphatic carbocycles. The van der Waals surface area contributed by atoms with E-state index in [4.69, 9.17) is 4.42 Å². The van der Waals surface area contributed by atoms with Crippen LogP contribution in [0.3, 0.4) is 0 Å². The van der Waals surface area contributed by atoms with E-state index in [0.717, 1.165) is 42.2 Å². The van der Waals surface area contributed by atoms with Crippen LogP contribution < -0.4 is 0 Å². The summed E-state index contributed by atoms with van der Waals surface area (Å²) in [5.41, 5.74) is 1.43. The average Bonchev–Trinajstić information content (AvgIpc) is 3.06. The van der Waals surface area contributed by atoms with Gasteiger partial charge in [-0.25, -0.2) is 4.98 Å². The first-order chi connectivity index (χ1) is 15.7. The average molecular weight is 542 g/mol. The lowest BCUT2D eigenvalue weighted by atomic mass is 9.95. The van der Waals surface area contributed by atoms with Crippen LogP contribution in [-0.2, 0) is 18.6 Å². The van der Waals surface area contributed by atoms with Crippen LogP contribution in [0.25, 0.3) is 11.5 Å². The topological polar surface area (TPSA) is 60.0 Å². The highest BCUT2D eigenvalue weighted by Crippen LogP contribution is 2.59. The number of alkyl halides is 3. The van der Waals surface area contributed by atoms with E-state index in [2.05, 4.69) is 60.3 Å². The van der Waals surface area contributed by atoms with E-state index in [-0.39, 0.29) is 17.4 Å². The first-order valence-corrected chi connectivity index (χ1v) is 12.5. The summed E-state index contributed by atoms with van der Waals surface area (Å²) in [6.45, 7) is 4.59. The lowest BCUT2D eigenvalue weighted by Crippen LogP contribution is -2.27. The van der Waals surface area contributed by atoms with Crippen molar-refractivity contribution in [3.63, 3.8) is 0 Å². The number of oxazole rings is 1. The maximum atomic E-state index is 13.3. The SMILES string of the molecule is Cc1nc(-c2nnc(SCCCN3C[C@@H]4C[C@]4(c4ccc(Br)cc4)C3)n2C)c(C(F)(F)F)o1. The summed E-state index contributed by atoms with van der Waals surface area (Å²) in [7, 11) is 1.65. The highest BCUT2D eigenvalue weighted by Gasteiger charge is 2.60. The Hall–Kier alpha value is -1.85. The first kappa shape index (κ1) is 22.9. The van der Waals surface area contributed by atoms with E-state index < -0.39 is 11.9 Å². The fraction of sp³-hybridized carbons (Fsp3) is 0.500. The maximum Gasteiger partial charge on any atom is 0.452 e. The number of rotatable bonds is 7. The highest BCUT2D eigenvalue weighted by atomic mass is 79.9. The number of likely N-dealkylation sites (tertiary alicyclic amines) is 1. The molecule has 0 bridgehead atoms. The number of hydrogen-bond donors (Lipinski definition) is 0. The standard InChI is InChI=1S/C22H23BrF3N5OS/c1-13-27-17(18(32-13)22(24,25)26)19-28-29-20(30(19)2)33-9-3-8-31-11-15-10-21(15,12-31)14-4-6-16(23)7-5-14/h4-7,15H,3,8-12H2,1-2H3/t15-,21+/m0/s1. The molecule has 5 rings (SSSR count). The van der Waals surface area contributed by atoms with Gasteiger partial charge in [-0.1, -0.05) is 39.8 Å². The number of fused-ring (bicyclic) bond motifs is 1. The van der Waals surface area contributed by atoms with Crippen LogP contribution in [0.5, 0.6) is 0 Å². The predicted octanol–water partition coefficient (Wildman–Crippen LogP) is 5.32. The van der Waals surface area contributed by atoms with Crippen molar-refractivity contribution in [2.45, 2.75) is 36.5 Å². The molecule has 1 saturated carbocycles. The molecule has 0 unspecified atom stereocenters. The lowest BCUT2D eigenvalue weighted by Gasteiger charge is -2.21. The number of hydrogen-bond acceptors (Lipinski definition) is 6. The van der Waals surface area contributed by atoms with Crippen LogP contribution >= 0.6 is 27.7 Å².